The van der Waals surface area contributed by atoms with Crippen molar-refractivity contribution in [3.63, 3.8) is 0 Å². The number of rotatable bonds is 4. The van der Waals surface area contributed by atoms with Crippen molar-refractivity contribution in [1.29, 1.82) is 0 Å². The third-order valence-corrected chi connectivity index (χ3v) is 6.20. The summed E-state index contributed by atoms with van der Waals surface area (Å²) in [4.78, 5) is 35.5. The van der Waals surface area contributed by atoms with Gasteiger partial charge in [0.05, 0.1) is 16.5 Å². The molecule has 6 nitrogen and oxygen atoms in total. The number of carbonyl (C=O) groups is 3. The number of nitrogens with one attached hydrogen (secondary N) is 1. The molecule has 4 saturated carbocycles. The Morgan fingerprint density at radius 1 is 0.840 bits per heavy atom. The zero-order chi connectivity index (χ0) is 17.8. The van der Waals surface area contributed by atoms with Gasteiger partial charge in [-0.1, -0.05) is 0 Å². The first kappa shape index (κ1) is 16.1. The molecule has 4 aliphatic rings. The molecule has 0 aliphatic heterocycles. The molecule has 3 N–H and O–H groups in total. The summed E-state index contributed by atoms with van der Waals surface area (Å²) in [5.74, 6) is -0.641. The van der Waals surface area contributed by atoms with E-state index in [4.69, 9.17) is 0 Å². The second-order valence-corrected chi connectivity index (χ2v) is 8.06. The van der Waals surface area contributed by atoms with Crippen molar-refractivity contribution in [2.24, 2.45) is 23.2 Å². The van der Waals surface area contributed by atoms with Crippen molar-refractivity contribution >= 4 is 23.5 Å². The lowest BCUT2D eigenvalue weighted by molar-refractivity contribution is -0.140. The number of amides is 1. The largest absolute Gasteiger partial charge is 0.478 e. The number of benzene rings is 1. The zero-order valence-corrected chi connectivity index (χ0v) is 13.8. The summed E-state index contributed by atoms with van der Waals surface area (Å²) < 4.78 is 0. The first-order valence-electron chi connectivity index (χ1n) is 8.78. The Kier molecular flexibility index (Phi) is 3.60. The van der Waals surface area contributed by atoms with Crippen LogP contribution in [0.3, 0.4) is 0 Å². The fourth-order valence-corrected chi connectivity index (χ4v) is 5.60. The molecule has 0 heterocycles. The van der Waals surface area contributed by atoms with Crippen LogP contribution >= 0.6 is 0 Å². The molecule has 4 aliphatic carbocycles. The maximum absolute atomic E-state index is 13.0. The van der Waals surface area contributed by atoms with E-state index in [2.05, 4.69) is 5.32 Å². The van der Waals surface area contributed by atoms with E-state index >= 15 is 0 Å². The van der Waals surface area contributed by atoms with Crippen molar-refractivity contribution in [3.05, 3.63) is 29.3 Å². The van der Waals surface area contributed by atoms with Gasteiger partial charge in [0.15, 0.2) is 0 Å². The van der Waals surface area contributed by atoms with E-state index in [0.29, 0.717) is 17.8 Å². The van der Waals surface area contributed by atoms with Crippen molar-refractivity contribution < 1.29 is 24.6 Å². The van der Waals surface area contributed by atoms with Crippen LogP contribution in [0.2, 0.25) is 0 Å². The molecule has 1 aromatic carbocycles. The number of aromatic carboxylic acids is 2. The fourth-order valence-electron chi connectivity index (χ4n) is 5.60. The average Bonchev–Trinajstić information content (AvgIpc) is 2.53. The maximum Gasteiger partial charge on any atom is 0.335 e. The molecule has 0 aromatic heterocycles. The normalized spacial score (nSPS) is 32.4. The Balaban J connectivity index is 1.61. The van der Waals surface area contributed by atoms with E-state index in [1.54, 1.807) is 0 Å². The van der Waals surface area contributed by atoms with Crippen LogP contribution in [0.25, 0.3) is 0 Å². The zero-order valence-electron chi connectivity index (χ0n) is 13.8. The lowest BCUT2D eigenvalue weighted by Gasteiger charge is -2.55. The van der Waals surface area contributed by atoms with E-state index in [1.807, 2.05) is 0 Å². The minimum absolute atomic E-state index is 0.0783. The smallest absolute Gasteiger partial charge is 0.335 e. The molecule has 0 radical (unpaired) electrons. The summed E-state index contributed by atoms with van der Waals surface area (Å²) in [5.41, 5.74) is -0.392. The van der Waals surface area contributed by atoms with Gasteiger partial charge >= 0.3 is 11.9 Å². The summed E-state index contributed by atoms with van der Waals surface area (Å²) in [6, 6.07) is 3.76. The van der Waals surface area contributed by atoms with Crippen LogP contribution in [-0.4, -0.2) is 28.1 Å². The van der Waals surface area contributed by atoms with Crippen molar-refractivity contribution in [1.82, 2.24) is 0 Å². The molecular weight excluding hydrogens is 322 g/mol. The van der Waals surface area contributed by atoms with Crippen molar-refractivity contribution in [3.8, 4) is 0 Å². The minimum atomic E-state index is -1.21. The third-order valence-electron chi connectivity index (χ3n) is 6.20. The number of carboxylic acids is 2. The first-order chi connectivity index (χ1) is 11.8. The van der Waals surface area contributed by atoms with Gasteiger partial charge in [0, 0.05) is 5.69 Å². The topological polar surface area (TPSA) is 104 Å². The van der Waals surface area contributed by atoms with Crippen LogP contribution in [0.1, 0.15) is 59.2 Å². The molecule has 1 aromatic rings. The third kappa shape index (κ3) is 2.79. The Morgan fingerprint density at radius 2 is 1.28 bits per heavy atom. The van der Waals surface area contributed by atoms with Crippen LogP contribution in [0.5, 0.6) is 0 Å². The Morgan fingerprint density at radius 3 is 1.68 bits per heavy atom. The molecule has 5 rings (SSSR count). The van der Waals surface area contributed by atoms with Crippen LogP contribution in [0, 0.1) is 23.2 Å². The van der Waals surface area contributed by atoms with E-state index in [9.17, 15) is 24.6 Å². The lowest BCUT2D eigenvalue weighted by Crippen LogP contribution is -2.51. The lowest BCUT2D eigenvalue weighted by atomic mass is 9.49. The quantitative estimate of drug-likeness (QED) is 0.778. The highest BCUT2D eigenvalue weighted by Crippen LogP contribution is 2.60. The van der Waals surface area contributed by atoms with Gasteiger partial charge in [-0.3, -0.25) is 4.79 Å². The molecule has 6 heteroatoms. The Bertz CT molecular complexity index is 702. The maximum atomic E-state index is 13.0. The molecule has 0 saturated heterocycles. The van der Waals surface area contributed by atoms with E-state index in [-0.39, 0.29) is 28.1 Å². The van der Waals surface area contributed by atoms with Crippen LogP contribution < -0.4 is 5.32 Å². The second-order valence-electron chi connectivity index (χ2n) is 8.06. The van der Waals surface area contributed by atoms with Gasteiger partial charge in [0.2, 0.25) is 5.91 Å². The Labute approximate surface area is 145 Å². The number of carboxylic acid groups (broad SMARTS) is 2. The van der Waals surface area contributed by atoms with E-state index in [0.717, 1.165) is 25.3 Å². The summed E-state index contributed by atoms with van der Waals surface area (Å²) in [7, 11) is 0. The van der Waals surface area contributed by atoms with Gasteiger partial charge in [-0.2, -0.15) is 0 Å². The second kappa shape index (κ2) is 5.58. The van der Waals surface area contributed by atoms with Gasteiger partial charge in [-0.05, 0) is 74.5 Å². The summed E-state index contributed by atoms with van der Waals surface area (Å²) >= 11 is 0. The summed E-state index contributed by atoms with van der Waals surface area (Å²) in [5, 5.41) is 21.2. The highest BCUT2D eigenvalue weighted by Gasteiger charge is 2.54. The van der Waals surface area contributed by atoms with Gasteiger partial charge < -0.3 is 15.5 Å². The predicted octanol–water partition coefficient (Wildman–Crippen LogP) is 3.24. The first-order valence-corrected chi connectivity index (χ1v) is 8.78. The highest BCUT2D eigenvalue weighted by molar-refractivity contribution is 6.00. The van der Waals surface area contributed by atoms with E-state index in [1.165, 1.54) is 31.4 Å². The average molecular weight is 343 g/mol. The summed E-state index contributed by atoms with van der Waals surface area (Å²) in [6.45, 7) is 0. The Hall–Kier alpha value is -2.37. The fraction of sp³-hybridized carbons (Fsp3) is 0.526. The molecule has 0 atom stereocenters. The predicted molar refractivity (Wildman–Crippen MR) is 89.6 cm³/mol. The standard InChI is InChI=1S/C19H21NO5/c21-16(22)13-4-14(17(23)24)6-15(5-13)20-18(25)19-7-10-1-11(8-19)3-12(2-10)9-19/h4-6,10-12H,1-3,7-9H2,(H,20,25)(H,21,22)(H,23,24). The molecule has 4 fully saturated rings. The molecule has 1 amide bonds. The van der Waals surface area contributed by atoms with Crippen LogP contribution in [0.4, 0.5) is 5.69 Å². The monoisotopic (exact) mass is 343 g/mol. The van der Waals surface area contributed by atoms with Crippen LogP contribution in [-0.2, 0) is 4.79 Å². The SMILES string of the molecule is O=C(O)c1cc(NC(=O)C23CC4CC(CC(C4)C2)C3)cc(C(=O)O)c1. The van der Waals surface area contributed by atoms with Crippen molar-refractivity contribution in [2.75, 3.05) is 5.32 Å². The number of hydrogen-bond donors (Lipinski definition) is 3. The highest BCUT2D eigenvalue weighted by atomic mass is 16.4. The van der Waals surface area contributed by atoms with Crippen molar-refractivity contribution in [2.45, 2.75) is 38.5 Å². The number of hydrogen-bond acceptors (Lipinski definition) is 3. The molecule has 132 valence electrons. The molecule has 4 bridgehead atoms. The minimum Gasteiger partial charge on any atom is -0.478 e. The van der Waals surface area contributed by atoms with Crippen LogP contribution in [0.15, 0.2) is 18.2 Å². The molecule has 0 spiro atoms. The van der Waals surface area contributed by atoms with Gasteiger partial charge in [-0.25, -0.2) is 9.59 Å². The van der Waals surface area contributed by atoms with Gasteiger partial charge in [0.1, 0.15) is 0 Å². The molecular formula is C19H21NO5. The molecule has 0 unspecified atom stereocenters. The van der Waals surface area contributed by atoms with Gasteiger partial charge in [0.25, 0.3) is 0 Å². The van der Waals surface area contributed by atoms with E-state index < -0.39 is 11.9 Å². The summed E-state index contributed by atoms with van der Waals surface area (Å²) in [6.07, 6.45) is 6.37. The number of anilines is 1. The molecule has 25 heavy (non-hydrogen) atoms. The van der Waals surface area contributed by atoms with Gasteiger partial charge in [-0.15, -0.1) is 0 Å². The number of carbonyl (C=O) groups excluding carboxylic acids is 1.